The number of rotatable bonds is 2. The van der Waals surface area contributed by atoms with Gasteiger partial charge in [-0.25, -0.2) is 17.6 Å². The van der Waals surface area contributed by atoms with Crippen molar-refractivity contribution in [2.45, 2.75) is 0 Å². The highest BCUT2D eigenvalue weighted by Gasteiger charge is 2.24. The molecular weight excluding hydrogens is 372 g/mol. The summed E-state index contributed by atoms with van der Waals surface area (Å²) in [5, 5.41) is 17.9. The number of aliphatic imine (C=N–C) groups is 2. The van der Waals surface area contributed by atoms with Gasteiger partial charge in [-0.05, 0) is 36.4 Å². The van der Waals surface area contributed by atoms with Crippen LogP contribution in [0.5, 0.6) is 0 Å². The minimum atomic E-state index is -0.919. The Morgan fingerprint density at radius 2 is 1.04 bits per heavy atom. The molecule has 0 atom stereocenters. The summed E-state index contributed by atoms with van der Waals surface area (Å²) in [7, 11) is 0. The molecule has 2 aromatic rings. The molecule has 3 rings (SSSR count). The Morgan fingerprint density at radius 1 is 0.643 bits per heavy atom. The Hall–Kier alpha value is -4.04. The van der Waals surface area contributed by atoms with Gasteiger partial charge in [0.15, 0.2) is 0 Å². The summed E-state index contributed by atoms with van der Waals surface area (Å²) in [6.07, 6.45) is 5.58. The number of benzene rings is 2. The number of hydrogen-bond acceptors (Lipinski definition) is 4. The minimum absolute atomic E-state index is 0.0522. The number of halogens is 4. The number of allylic oxidation sites excluding steroid dienone is 4. The van der Waals surface area contributed by atoms with Crippen molar-refractivity contribution in [3.8, 4) is 12.4 Å². The maximum Gasteiger partial charge on any atom is 0.206 e. The first-order valence-electron chi connectivity index (χ1n) is 7.73. The molecule has 0 bridgehead atoms. The van der Waals surface area contributed by atoms with Crippen LogP contribution >= 0.6 is 0 Å². The average Bonchev–Trinajstić information content (AvgIpc) is 2.64. The van der Waals surface area contributed by atoms with Crippen LogP contribution in [-0.4, -0.2) is 11.4 Å². The molecule has 8 heteroatoms. The predicted octanol–water partition coefficient (Wildman–Crippen LogP) is 4.57. The van der Waals surface area contributed by atoms with Gasteiger partial charge in [0.25, 0.3) is 0 Å². The Bertz CT molecular complexity index is 1080. The van der Waals surface area contributed by atoms with E-state index < -0.39 is 23.3 Å². The van der Waals surface area contributed by atoms with E-state index in [1.807, 2.05) is 0 Å². The van der Waals surface area contributed by atoms with Crippen molar-refractivity contribution in [3.63, 3.8) is 0 Å². The van der Waals surface area contributed by atoms with Crippen molar-refractivity contribution < 1.29 is 17.6 Å². The van der Waals surface area contributed by atoms with E-state index in [1.54, 1.807) is 12.4 Å². The third-order valence-electron chi connectivity index (χ3n) is 3.90. The van der Waals surface area contributed by atoms with Crippen LogP contribution in [-0.2, 0) is 0 Å². The molecule has 0 fully saturated rings. The average molecular weight is 380 g/mol. The first kappa shape index (κ1) is 18.7. The zero-order chi connectivity index (χ0) is 20.3. The largest absolute Gasteiger partial charge is 0.207 e. The van der Waals surface area contributed by atoms with Crippen molar-refractivity contribution in [1.29, 1.82) is 10.5 Å². The SMILES string of the molecule is N#C/N=C1C=C(c2ccc(F)cc2F)/C(=N\C#N)C=C/1c1ccc(F)cc1F. The molecule has 0 aliphatic heterocycles. The zero-order valence-electron chi connectivity index (χ0n) is 13.9. The normalized spacial score (nSPS) is 16.4. The molecule has 1 aliphatic rings. The molecule has 0 amide bonds. The van der Waals surface area contributed by atoms with Crippen LogP contribution < -0.4 is 0 Å². The lowest BCUT2D eigenvalue weighted by atomic mass is 9.87. The van der Waals surface area contributed by atoms with E-state index >= 15 is 0 Å². The quantitative estimate of drug-likeness (QED) is 0.435. The van der Waals surface area contributed by atoms with Crippen LogP contribution in [0, 0.1) is 46.2 Å². The maximum atomic E-state index is 14.2. The van der Waals surface area contributed by atoms with Gasteiger partial charge in [0, 0.05) is 34.4 Å². The third-order valence-corrected chi connectivity index (χ3v) is 3.90. The molecule has 0 unspecified atom stereocenters. The van der Waals surface area contributed by atoms with Crippen LogP contribution in [0.25, 0.3) is 11.1 Å². The molecule has 1 aliphatic carbocycles. The molecule has 0 saturated heterocycles. The second kappa shape index (κ2) is 7.68. The van der Waals surface area contributed by atoms with Gasteiger partial charge >= 0.3 is 0 Å². The van der Waals surface area contributed by atoms with Crippen molar-refractivity contribution >= 4 is 22.6 Å². The Labute approximate surface area is 156 Å². The van der Waals surface area contributed by atoms with E-state index in [0.717, 1.165) is 24.3 Å². The standard InChI is InChI=1S/C20H8F4N4/c21-11-1-3-13(17(23)5-11)15-7-20(28-10-26)16(8-19(15)27-9-25)14-4-2-12(22)6-18(14)24/h1-8H/b27-19-,28-20-. The summed E-state index contributed by atoms with van der Waals surface area (Å²) in [6.45, 7) is 0. The van der Waals surface area contributed by atoms with Gasteiger partial charge in [-0.15, -0.1) is 0 Å². The molecule has 4 nitrogen and oxygen atoms in total. The van der Waals surface area contributed by atoms with Crippen LogP contribution in [0.2, 0.25) is 0 Å². The third kappa shape index (κ3) is 3.57. The summed E-state index contributed by atoms with van der Waals surface area (Å²) in [4.78, 5) is 7.21. The smallest absolute Gasteiger partial charge is 0.206 e. The van der Waals surface area contributed by atoms with E-state index in [0.29, 0.717) is 12.1 Å². The molecule has 0 spiro atoms. The molecular formula is C20H8F4N4. The summed E-state index contributed by atoms with van der Waals surface area (Å²) in [6, 6.07) is 5.63. The van der Waals surface area contributed by atoms with E-state index in [2.05, 4.69) is 9.98 Å². The minimum Gasteiger partial charge on any atom is -0.207 e. The van der Waals surface area contributed by atoms with Gasteiger partial charge in [0.1, 0.15) is 23.3 Å². The highest BCUT2D eigenvalue weighted by Crippen LogP contribution is 2.31. The molecule has 28 heavy (non-hydrogen) atoms. The fourth-order valence-electron chi connectivity index (χ4n) is 2.72. The zero-order valence-corrected chi connectivity index (χ0v) is 13.9. The molecule has 136 valence electrons. The van der Waals surface area contributed by atoms with Crippen molar-refractivity contribution in [1.82, 2.24) is 0 Å². The Balaban J connectivity index is 2.24. The van der Waals surface area contributed by atoms with Gasteiger partial charge in [-0.2, -0.15) is 20.5 Å². The molecule has 0 radical (unpaired) electrons. The van der Waals surface area contributed by atoms with Crippen molar-refractivity contribution in [2.24, 2.45) is 9.98 Å². The van der Waals surface area contributed by atoms with Crippen LogP contribution in [0.3, 0.4) is 0 Å². The van der Waals surface area contributed by atoms with Gasteiger partial charge in [-0.1, -0.05) is 0 Å². The monoisotopic (exact) mass is 380 g/mol. The number of nitriles is 2. The summed E-state index contributed by atoms with van der Waals surface area (Å²) in [5.74, 6) is -3.44. The van der Waals surface area contributed by atoms with Gasteiger partial charge in [-0.3, -0.25) is 0 Å². The summed E-state index contributed by atoms with van der Waals surface area (Å²) in [5.41, 5.74) is -0.169. The predicted molar refractivity (Wildman–Crippen MR) is 94.8 cm³/mol. The van der Waals surface area contributed by atoms with Gasteiger partial charge in [0.05, 0.1) is 11.4 Å². The molecule has 2 aromatic carbocycles. The first-order valence-corrected chi connectivity index (χ1v) is 7.73. The fraction of sp³-hybridized carbons (Fsp3) is 0. The summed E-state index contributed by atoms with van der Waals surface area (Å²) < 4.78 is 54.9. The first-order chi connectivity index (χ1) is 13.4. The highest BCUT2D eigenvalue weighted by atomic mass is 19.1. The van der Waals surface area contributed by atoms with E-state index in [4.69, 9.17) is 10.5 Å². The molecule has 0 N–H and O–H groups in total. The lowest BCUT2D eigenvalue weighted by molar-refractivity contribution is 0.580. The lowest BCUT2D eigenvalue weighted by Crippen LogP contribution is -2.14. The van der Waals surface area contributed by atoms with Crippen molar-refractivity contribution in [3.05, 3.63) is 82.9 Å². The number of hydrogen-bond donors (Lipinski definition) is 0. The van der Waals surface area contributed by atoms with E-state index in [-0.39, 0.29) is 33.7 Å². The fourth-order valence-corrected chi connectivity index (χ4v) is 2.72. The maximum absolute atomic E-state index is 14.2. The Morgan fingerprint density at radius 3 is 1.36 bits per heavy atom. The highest BCUT2D eigenvalue weighted by molar-refractivity contribution is 6.46. The lowest BCUT2D eigenvalue weighted by Gasteiger charge is -2.18. The second-order valence-corrected chi connectivity index (χ2v) is 5.56. The van der Waals surface area contributed by atoms with Crippen LogP contribution in [0.4, 0.5) is 17.6 Å². The second-order valence-electron chi connectivity index (χ2n) is 5.56. The van der Waals surface area contributed by atoms with Crippen LogP contribution in [0.15, 0.2) is 58.5 Å². The van der Waals surface area contributed by atoms with Crippen LogP contribution in [0.1, 0.15) is 11.1 Å². The molecule has 0 heterocycles. The van der Waals surface area contributed by atoms with E-state index in [1.165, 1.54) is 12.2 Å². The molecule has 0 aromatic heterocycles. The summed E-state index contributed by atoms with van der Waals surface area (Å²) >= 11 is 0. The van der Waals surface area contributed by atoms with Gasteiger partial charge < -0.3 is 0 Å². The van der Waals surface area contributed by atoms with Crippen molar-refractivity contribution in [2.75, 3.05) is 0 Å². The topological polar surface area (TPSA) is 72.3 Å². The number of nitrogens with zero attached hydrogens (tertiary/aromatic N) is 4. The Kier molecular flexibility index (Phi) is 5.14. The van der Waals surface area contributed by atoms with Gasteiger partial charge in [0.2, 0.25) is 12.4 Å². The van der Waals surface area contributed by atoms with E-state index in [9.17, 15) is 17.6 Å². The molecule has 0 saturated carbocycles.